The van der Waals surface area contributed by atoms with Crippen LogP contribution in [0.15, 0.2) is 53.5 Å². The monoisotopic (exact) mass is 495 g/mol. The van der Waals surface area contributed by atoms with Crippen molar-refractivity contribution in [1.82, 2.24) is 0 Å². The summed E-state index contributed by atoms with van der Waals surface area (Å²) in [6.45, 7) is 0.627. The molecule has 0 atom stereocenters. The van der Waals surface area contributed by atoms with Gasteiger partial charge in [-0.15, -0.1) is 37.1 Å². The largest absolute Gasteiger partial charge is 0.573 e. The van der Waals surface area contributed by atoms with Crippen molar-refractivity contribution in [3.05, 3.63) is 59.7 Å². The predicted molar refractivity (Wildman–Crippen MR) is 110 cm³/mol. The summed E-state index contributed by atoms with van der Waals surface area (Å²) in [5.74, 6) is -0.0602. The second kappa shape index (κ2) is 11.0. The highest BCUT2D eigenvalue weighted by Gasteiger charge is 2.31. The molecular weight excluding hydrogens is 474 g/mol. The van der Waals surface area contributed by atoms with Crippen molar-refractivity contribution in [1.29, 1.82) is 0 Å². The Morgan fingerprint density at radius 1 is 1.07 bits per heavy atom. The predicted octanol–water partition coefficient (Wildman–Crippen LogP) is 4.32. The third kappa shape index (κ3) is 8.04. The van der Waals surface area contributed by atoms with E-state index in [2.05, 4.69) is 15.0 Å². The number of ether oxygens (including phenoxy) is 2. The molecule has 0 aliphatic carbocycles. The number of guanidine groups is 1. The van der Waals surface area contributed by atoms with Crippen molar-refractivity contribution in [2.75, 3.05) is 19.0 Å². The van der Waals surface area contributed by atoms with Gasteiger partial charge in [-0.1, -0.05) is 36.4 Å². The van der Waals surface area contributed by atoms with Gasteiger partial charge in [-0.05, 0) is 24.1 Å². The van der Waals surface area contributed by atoms with Gasteiger partial charge in [-0.25, -0.2) is 0 Å². The SMILES string of the molecule is COCc1ccccc1NC(N)=NCCc1ccccc1OC(F)(F)F.I. The van der Waals surface area contributed by atoms with Crippen LogP contribution in [0.5, 0.6) is 5.75 Å². The van der Waals surface area contributed by atoms with Gasteiger partial charge < -0.3 is 20.5 Å². The molecule has 5 nitrogen and oxygen atoms in total. The minimum atomic E-state index is -4.73. The smallest absolute Gasteiger partial charge is 0.406 e. The Morgan fingerprint density at radius 3 is 2.37 bits per heavy atom. The number of methoxy groups -OCH3 is 1. The van der Waals surface area contributed by atoms with Gasteiger partial charge in [0.1, 0.15) is 5.75 Å². The normalized spacial score (nSPS) is 11.6. The summed E-state index contributed by atoms with van der Waals surface area (Å²) < 4.78 is 46.4. The van der Waals surface area contributed by atoms with Crippen LogP contribution in [0.4, 0.5) is 18.9 Å². The molecule has 2 aromatic rings. The highest BCUT2D eigenvalue weighted by molar-refractivity contribution is 14.0. The number of nitrogens with one attached hydrogen (secondary N) is 1. The van der Waals surface area contributed by atoms with E-state index in [1.165, 1.54) is 12.1 Å². The summed E-state index contributed by atoms with van der Waals surface area (Å²) in [5.41, 5.74) is 7.94. The van der Waals surface area contributed by atoms with Crippen LogP contribution in [0.3, 0.4) is 0 Å². The van der Waals surface area contributed by atoms with Crippen LogP contribution >= 0.6 is 24.0 Å². The molecule has 2 aromatic carbocycles. The lowest BCUT2D eigenvalue weighted by Gasteiger charge is -2.13. The zero-order valence-corrected chi connectivity index (χ0v) is 17.0. The van der Waals surface area contributed by atoms with E-state index in [1.807, 2.05) is 24.3 Å². The zero-order chi connectivity index (χ0) is 19.0. The molecule has 9 heteroatoms. The van der Waals surface area contributed by atoms with Gasteiger partial charge in [0.05, 0.1) is 6.61 Å². The molecule has 0 aliphatic heterocycles. The Kier molecular flexibility index (Phi) is 9.36. The van der Waals surface area contributed by atoms with E-state index < -0.39 is 6.36 Å². The second-order valence-corrected chi connectivity index (χ2v) is 5.39. The molecule has 0 spiro atoms. The third-order valence-corrected chi connectivity index (χ3v) is 3.44. The van der Waals surface area contributed by atoms with Gasteiger partial charge in [0.15, 0.2) is 5.96 Å². The molecule has 0 aliphatic rings. The van der Waals surface area contributed by atoms with E-state index in [4.69, 9.17) is 10.5 Å². The van der Waals surface area contributed by atoms with Crippen LogP contribution in [0.2, 0.25) is 0 Å². The number of anilines is 1. The van der Waals surface area contributed by atoms with Crippen LogP contribution < -0.4 is 15.8 Å². The fraction of sp³-hybridized carbons (Fsp3) is 0.278. The summed E-state index contributed by atoms with van der Waals surface area (Å²) in [6, 6.07) is 13.4. The van der Waals surface area contributed by atoms with E-state index in [-0.39, 0.29) is 48.7 Å². The molecule has 3 N–H and O–H groups in total. The number of hydrogen-bond donors (Lipinski definition) is 2. The van der Waals surface area contributed by atoms with Gasteiger partial charge in [0.25, 0.3) is 0 Å². The van der Waals surface area contributed by atoms with Crippen molar-refractivity contribution in [2.45, 2.75) is 19.4 Å². The van der Waals surface area contributed by atoms with Crippen LogP contribution in [0.1, 0.15) is 11.1 Å². The lowest BCUT2D eigenvalue weighted by atomic mass is 10.1. The molecule has 0 saturated carbocycles. The first-order valence-corrected chi connectivity index (χ1v) is 7.86. The fourth-order valence-corrected chi connectivity index (χ4v) is 2.33. The molecule has 0 bridgehead atoms. The van der Waals surface area contributed by atoms with Crippen molar-refractivity contribution in [3.8, 4) is 5.75 Å². The van der Waals surface area contributed by atoms with Crippen molar-refractivity contribution < 1.29 is 22.6 Å². The number of para-hydroxylation sites is 2. The van der Waals surface area contributed by atoms with E-state index in [9.17, 15) is 13.2 Å². The van der Waals surface area contributed by atoms with Gasteiger partial charge >= 0.3 is 6.36 Å². The van der Waals surface area contributed by atoms with Crippen LogP contribution in [0.25, 0.3) is 0 Å². The molecule has 0 radical (unpaired) electrons. The molecular formula is C18H21F3IN3O2. The van der Waals surface area contributed by atoms with E-state index in [0.29, 0.717) is 12.2 Å². The summed E-state index contributed by atoms with van der Waals surface area (Å²) in [7, 11) is 1.59. The zero-order valence-electron chi connectivity index (χ0n) is 14.6. The van der Waals surface area contributed by atoms with Crippen LogP contribution in [-0.4, -0.2) is 26.0 Å². The maximum Gasteiger partial charge on any atom is 0.573 e. The first-order valence-electron chi connectivity index (χ1n) is 7.86. The maximum atomic E-state index is 12.4. The fourth-order valence-electron chi connectivity index (χ4n) is 2.33. The van der Waals surface area contributed by atoms with Crippen LogP contribution in [-0.2, 0) is 17.8 Å². The first kappa shape index (κ1) is 23.0. The molecule has 2 rings (SSSR count). The van der Waals surface area contributed by atoms with Gasteiger partial charge in [0.2, 0.25) is 0 Å². The number of nitrogens with zero attached hydrogens (tertiary/aromatic N) is 1. The average molecular weight is 495 g/mol. The number of aliphatic imine (C=N–C) groups is 1. The second-order valence-electron chi connectivity index (χ2n) is 5.39. The molecule has 0 unspecified atom stereocenters. The average Bonchev–Trinajstić information content (AvgIpc) is 2.57. The summed E-state index contributed by atoms with van der Waals surface area (Å²) in [5, 5.41) is 2.97. The number of alkyl halides is 3. The highest BCUT2D eigenvalue weighted by Crippen LogP contribution is 2.26. The Morgan fingerprint density at radius 2 is 1.70 bits per heavy atom. The number of halogens is 4. The minimum Gasteiger partial charge on any atom is -0.406 e. The molecule has 0 amide bonds. The van der Waals surface area contributed by atoms with E-state index in [1.54, 1.807) is 19.2 Å². The van der Waals surface area contributed by atoms with Crippen LogP contribution in [0, 0.1) is 0 Å². The number of rotatable bonds is 7. The first-order chi connectivity index (χ1) is 12.4. The summed E-state index contributed by atoms with van der Waals surface area (Å²) in [4.78, 5) is 4.16. The topological polar surface area (TPSA) is 68.9 Å². The Bertz CT molecular complexity index is 755. The minimum absolute atomic E-state index is 0. The lowest BCUT2D eigenvalue weighted by Crippen LogP contribution is -2.24. The summed E-state index contributed by atoms with van der Waals surface area (Å²) in [6.07, 6.45) is -4.47. The molecule has 0 aromatic heterocycles. The van der Waals surface area contributed by atoms with Gasteiger partial charge in [-0.2, -0.15) is 0 Å². The molecule has 148 valence electrons. The van der Waals surface area contributed by atoms with E-state index >= 15 is 0 Å². The van der Waals surface area contributed by atoms with Gasteiger partial charge in [0, 0.05) is 24.9 Å². The van der Waals surface area contributed by atoms with E-state index in [0.717, 1.165) is 11.3 Å². The molecule has 0 saturated heterocycles. The standard InChI is InChI=1S/C18H20F3N3O2.HI/c1-25-12-14-7-2-4-8-15(14)24-17(22)23-11-10-13-6-3-5-9-16(13)26-18(19,20)21;/h2-9H,10-12H2,1H3,(H3,22,23,24);1H. The molecule has 0 fully saturated rings. The molecule has 0 heterocycles. The molecule has 27 heavy (non-hydrogen) atoms. The third-order valence-electron chi connectivity index (χ3n) is 3.44. The Hall–Kier alpha value is -2.01. The Labute approximate surface area is 172 Å². The summed E-state index contributed by atoms with van der Waals surface area (Å²) >= 11 is 0. The Balaban J connectivity index is 0.00000364. The number of nitrogens with two attached hydrogens (primary N) is 1. The number of benzene rings is 2. The highest BCUT2D eigenvalue weighted by atomic mass is 127. The van der Waals surface area contributed by atoms with Crippen molar-refractivity contribution >= 4 is 35.6 Å². The van der Waals surface area contributed by atoms with Gasteiger partial charge in [-0.3, -0.25) is 4.99 Å². The van der Waals surface area contributed by atoms with Crippen molar-refractivity contribution in [3.63, 3.8) is 0 Å². The maximum absolute atomic E-state index is 12.4. The quantitative estimate of drug-likeness (QED) is 0.341. The lowest BCUT2D eigenvalue weighted by molar-refractivity contribution is -0.274. The number of hydrogen-bond acceptors (Lipinski definition) is 3. The van der Waals surface area contributed by atoms with Crippen molar-refractivity contribution in [2.24, 2.45) is 10.7 Å².